The van der Waals surface area contributed by atoms with Crippen LogP contribution in [0, 0.1) is 6.92 Å². The van der Waals surface area contributed by atoms with Gasteiger partial charge in [-0.25, -0.2) is 13.8 Å². The Balaban J connectivity index is 2.62. The summed E-state index contributed by atoms with van der Waals surface area (Å²) in [6, 6.07) is 1.90. The maximum absolute atomic E-state index is 12.0. The molecule has 1 heterocycles. The van der Waals surface area contributed by atoms with E-state index in [1.54, 1.807) is 13.1 Å². The molecule has 0 saturated carbocycles. The van der Waals surface area contributed by atoms with Gasteiger partial charge in [-0.1, -0.05) is 0 Å². The topological polar surface area (TPSA) is 34.2 Å². The molecule has 102 valence electrons. The Morgan fingerprint density at radius 1 is 1.39 bits per heavy atom. The summed E-state index contributed by atoms with van der Waals surface area (Å²) in [6.45, 7) is 8.10. The monoisotopic (exact) mass is 258 g/mol. The number of rotatable bonds is 5. The molecule has 0 aliphatic heterocycles. The summed E-state index contributed by atoms with van der Waals surface area (Å²) in [5, 5.41) is 3.33. The van der Waals surface area contributed by atoms with E-state index in [0.29, 0.717) is 6.54 Å². The number of hydrogen-bond donors (Lipinski definition) is 1. The summed E-state index contributed by atoms with van der Waals surface area (Å²) >= 11 is 0. The van der Waals surface area contributed by atoms with E-state index in [4.69, 9.17) is 4.74 Å². The lowest BCUT2D eigenvalue weighted by atomic mass is 10.1. The van der Waals surface area contributed by atoms with E-state index in [0.717, 1.165) is 11.1 Å². The van der Waals surface area contributed by atoms with Crippen LogP contribution >= 0.6 is 0 Å². The van der Waals surface area contributed by atoms with Crippen LogP contribution in [-0.4, -0.2) is 23.6 Å². The van der Waals surface area contributed by atoms with Crippen molar-refractivity contribution in [2.24, 2.45) is 0 Å². The molecular formula is C13H20F2N2O. The molecule has 0 atom stereocenters. The molecule has 0 spiro atoms. The van der Waals surface area contributed by atoms with Crippen LogP contribution in [0.3, 0.4) is 0 Å². The van der Waals surface area contributed by atoms with Gasteiger partial charge in [0.15, 0.2) is 6.61 Å². The lowest BCUT2D eigenvalue weighted by molar-refractivity contribution is 0.0792. The van der Waals surface area contributed by atoms with Crippen LogP contribution in [-0.2, 0) is 6.54 Å². The molecule has 0 bridgehead atoms. The van der Waals surface area contributed by atoms with Gasteiger partial charge in [-0.05, 0) is 39.3 Å². The number of ether oxygens (including phenoxy) is 1. The number of aromatic nitrogens is 1. The zero-order valence-corrected chi connectivity index (χ0v) is 11.3. The first-order valence-electron chi connectivity index (χ1n) is 5.89. The van der Waals surface area contributed by atoms with Crippen LogP contribution in [0.2, 0.25) is 0 Å². The fourth-order valence-electron chi connectivity index (χ4n) is 1.38. The normalized spacial score (nSPS) is 11.9. The highest BCUT2D eigenvalue weighted by Crippen LogP contribution is 2.16. The third-order valence-electron chi connectivity index (χ3n) is 2.26. The highest BCUT2D eigenvalue weighted by molar-refractivity contribution is 5.28. The minimum absolute atomic E-state index is 0.0265. The largest absolute Gasteiger partial charge is 0.471 e. The molecule has 0 radical (unpaired) electrons. The predicted molar refractivity (Wildman–Crippen MR) is 67.1 cm³/mol. The molecule has 1 aromatic heterocycles. The summed E-state index contributed by atoms with van der Waals surface area (Å²) in [5.41, 5.74) is 1.80. The first kappa shape index (κ1) is 14.8. The second-order valence-electron chi connectivity index (χ2n) is 5.27. The second kappa shape index (κ2) is 6.09. The Morgan fingerprint density at radius 2 is 2.06 bits per heavy atom. The Bertz CT molecular complexity index is 389. The Kier molecular flexibility index (Phi) is 5.02. The van der Waals surface area contributed by atoms with Crippen molar-refractivity contribution in [3.8, 4) is 5.88 Å². The van der Waals surface area contributed by atoms with Crippen molar-refractivity contribution in [2.45, 2.75) is 46.2 Å². The number of aryl methyl sites for hydroxylation is 1. The van der Waals surface area contributed by atoms with Crippen LogP contribution in [0.5, 0.6) is 5.88 Å². The number of nitrogens with one attached hydrogen (secondary N) is 1. The van der Waals surface area contributed by atoms with Crippen molar-refractivity contribution in [1.29, 1.82) is 0 Å². The van der Waals surface area contributed by atoms with E-state index in [1.165, 1.54) is 0 Å². The smallest absolute Gasteiger partial charge is 0.272 e. The number of nitrogens with zero attached hydrogens (tertiary/aromatic N) is 1. The van der Waals surface area contributed by atoms with Gasteiger partial charge >= 0.3 is 0 Å². The SMILES string of the molecule is Cc1cc(CNC(C)(C)C)cnc1OCC(F)F. The minimum Gasteiger partial charge on any atom is -0.471 e. The molecular weight excluding hydrogens is 238 g/mol. The first-order chi connectivity index (χ1) is 8.28. The van der Waals surface area contributed by atoms with Crippen LogP contribution in [0.1, 0.15) is 31.9 Å². The number of hydrogen-bond acceptors (Lipinski definition) is 3. The fraction of sp³-hybridized carbons (Fsp3) is 0.615. The van der Waals surface area contributed by atoms with Crippen molar-refractivity contribution in [3.05, 3.63) is 23.4 Å². The summed E-state index contributed by atoms with van der Waals surface area (Å²) in [4.78, 5) is 4.06. The van der Waals surface area contributed by atoms with E-state index in [9.17, 15) is 8.78 Å². The van der Waals surface area contributed by atoms with Crippen LogP contribution in [0.25, 0.3) is 0 Å². The maximum Gasteiger partial charge on any atom is 0.272 e. The van der Waals surface area contributed by atoms with Gasteiger partial charge in [0, 0.05) is 23.8 Å². The quantitative estimate of drug-likeness (QED) is 0.881. The van der Waals surface area contributed by atoms with Gasteiger partial charge in [0.1, 0.15) is 0 Å². The van der Waals surface area contributed by atoms with E-state index in [2.05, 4.69) is 31.1 Å². The van der Waals surface area contributed by atoms with Crippen molar-refractivity contribution < 1.29 is 13.5 Å². The predicted octanol–water partition coefficient (Wildman–Crippen LogP) is 2.92. The molecule has 0 unspecified atom stereocenters. The lowest BCUT2D eigenvalue weighted by Gasteiger charge is -2.20. The van der Waals surface area contributed by atoms with Crippen LogP contribution in [0.4, 0.5) is 8.78 Å². The summed E-state index contributed by atoms with van der Waals surface area (Å²) < 4.78 is 29.0. The molecule has 1 N–H and O–H groups in total. The molecule has 0 fully saturated rings. The molecule has 0 saturated heterocycles. The zero-order chi connectivity index (χ0) is 13.8. The fourth-order valence-corrected chi connectivity index (χ4v) is 1.38. The maximum atomic E-state index is 12.0. The lowest BCUT2D eigenvalue weighted by Crippen LogP contribution is -2.35. The van der Waals surface area contributed by atoms with Gasteiger partial charge in [-0.3, -0.25) is 0 Å². The molecule has 18 heavy (non-hydrogen) atoms. The second-order valence-corrected chi connectivity index (χ2v) is 5.27. The van der Waals surface area contributed by atoms with Gasteiger partial charge in [0.25, 0.3) is 6.43 Å². The molecule has 1 rings (SSSR count). The molecule has 1 aromatic rings. The van der Waals surface area contributed by atoms with Crippen molar-refractivity contribution in [2.75, 3.05) is 6.61 Å². The Labute approximate surface area is 107 Å². The summed E-state index contributed by atoms with van der Waals surface area (Å²) in [7, 11) is 0. The standard InChI is InChI=1S/C13H20F2N2O/c1-9-5-10(7-17-13(2,3)4)6-16-12(9)18-8-11(14)15/h5-6,11,17H,7-8H2,1-4H3. The van der Waals surface area contributed by atoms with Crippen molar-refractivity contribution >= 4 is 0 Å². The first-order valence-corrected chi connectivity index (χ1v) is 5.89. The zero-order valence-electron chi connectivity index (χ0n) is 11.3. The molecule has 0 amide bonds. The van der Waals surface area contributed by atoms with Gasteiger partial charge in [0.2, 0.25) is 5.88 Å². The van der Waals surface area contributed by atoms with Gasteiger partial charge in [0.05, 0.1) is 0 Å². The van der Waals surface area contributed by atoms with Gasteiger partial charge < -0.3 is 10.1 Å². The molecule has 3 nitrogen and oxygen atoms in total. The van der Waals surface area contributed by atoms with E-state index < -0.39 is 13.0 Å². The molecule has 0 aliphatic carbocycles. The molecule has 0 aromatic carbocycles. The average molecular weight is 258 g/mol. The van der Waals surface area contributed by atoms with E-state index in [1.807, 2.05) is 6.07 Å². The molecule has 0 aliphatic rings. The van der Waals surface area contributed by atoms with Crippen molar-refractivity contribution in [3.63, 3.8) is 0 Å². The third-order valence-corrected chi connectivity index (χ3v) is 2.26. The highest BCUT2D eigenvalue weighted by atomic mass is 19.3. The van der Waals surface area contributed by atoms with Gasteiger partial charge in [-0.15, -0.1) is 0 Å². The van der Waals surface area contributed by atoms with Gasteiger partial charge in [-0.2, -0.15) is 0 Å². The third kappa shape index (κ3) is 5.40. The van der Waals surface area contributed by atoms with Crippen LogP contribution in [0.15, 0.2) is 12.3 Å². The van der Waals surface area contributed by atoms with Crippen LogP contribution < -0.4 is 10.1 Å². The van der Waals surface area contributed by atoms with E-state index >= 15 is 0 Å². The molecule has 5 heteroatoms. The van der Waals surface area contributed by atoms with Crippen molar-refractivity contribution in [1.82, 2.24) is 10.3 Å². The summed E-state index contributed by atoms with van der Waals surface area (Å²) in [5.74, 6) is 0.273. The highest BCUT2D eigenvalue weighted by Gasteiger charge is 2.10. The number of pyridine rings is 1. The Morgan fingerprint density at radius 3 is 2.56 bits per heavy atom. The number of halogens is 2. The summed E-state index contributed by atoms with van der Waals surface area (Å²) in [6.07, 6.45) is -0.833. The minimum atomic E-state index is -2.48. The number of alkyl halides is 2. The average Bonchev–Trinajstić information content (AvgIpc) is 2.24. The van der Waals surface area contributed by atoms with E-state index in [-0.39, 0.29) is 11.4 Å². The Hall–Kier alpha value is -1.23.